The zero-order valence-electron chi connectivity index (χ0n) is 12.2. The number of nitrogens with zero attached hydrogens (tertiary/aromatic N) is 1. The van der Waals surface area contributed by atoms with Gasteiger partial charge in [0.25, 0.3) is 0 Å². The summed E-state index contributed by atoms with van der Waals surface area (Å²) in [5, 5.41) is 13.4. The molecule has 0 spiro atoms. The number of benzene rings is 2. The minimum Gasteiger partial charge on any atom is -0.622 e. The van der Waals surface area contributed by atoms with Gasteiger partial charge in [-0.15, -0.1) is 0 Å². The molecule has 0 aliphatic heterocycles. The summed E-state index contributed by atoms with van der Waals surface area (Å²) in [4.78, 5) is 0. The fraction of sp³-hybridized carbons (Fsp3) is 0.333. The summed E-state index contributed by atoms with van der Waals surface area (Å²) in [6, 6.07) is 19.4. The topological polar surface area (TPSA) is 23.1 Å². The maximum absolute atomic E-state index is 13.4. The SMILES string of the molecule is CCCCCC[N+]([O-])(c1ccccc1)c1ccccc1. The fourth-order valence-corrected chi connectivity index (χ4v) is 2.51. The van der Waals surface area contributed by atoms with Gasteiger partial charge < -0.3 is 5.21 Å². The highest BCUT2D eigenvalue weighted by Gasteiger charge is 2.22. The lowest BCUT2D eigenvalue weighted by Gasteiger charge is -2.41. The second kappa shape index (κ2) is 7.22. The summed E-state index contributed by atoms with van der Waals surface area (Å²) in [5.74, 6) is 0. The van der Waals surface area contributed by atoms with Crippen molar-refractivity contribution < 1.29 is 0 Å². The van der Waals surface area contributed by atoms with Crippen molar-refractivity contribution in [1.82, 2.24) is 4.65 Å². The maximum Gasteiger partial charge on any atom is 0.137 e. The third kappa shape index (κ3) is 3.47. The molecule has 0 saturated carbocycles. The Hall–Kier alpha value is -1.64. The largest absolute Gasteiger partial charge is 0.622 e. The molecule has 0 aliphatic rings. The zero-order valence-corrected chi connectivity index (χ0v) is 12.2. The number of hydroxylamine groups is 1. The summed E-state index contributed by atoms with van der Waals surface area (Å²) >= 11 is 0. The van der Waals surface area contributed by atoms with Gasteiger partial charge in [0.2, 0.25) is 0 Å². The van der Waals surface area contributed by atoms with E-state index < -0.39 is 0 Å². The predicted octanol–water partition coefficient (Wildman–Crippen LogP) is 5.40. The van der Waals surface area contributed by atoms with Crippen LogP contribution in [0.15, 0.2) is 60.7 Å². The predicted molar refractivity (Wildman–Crippen MR) is 86.7 cm³/mol. The molecule has 0 unspecified atom stereocenters. The van der Waals surface area contributed by atoms with Gasteiger partial charge in [-0.2, -0.15) is 0 Å². The summed E-state index contributed by atoms with van der Waals surface area (Å²) in [6.45, 7) is 2.79. The number of quaternary nitrogens is 1. The van der Waals surface area contributed by atoms with Crippen molar-refractivity contribution in [3.63, 3.8) is 0 Å². The van der Waals surface area contributed by atoms with Gasteiger partial charge in [-0.25, -0.2) is 0 Å². The molecule has 2 rings (SSSR count). The van der Waals surface area contributed by atoms with Crippen LogP contribution in [-0.4, -0.2) is 6.54 Å². The van der Waals surface area contributed by atoms with Crippen molar-refractivity contribution in [1.29, 1.82) is 0 Å². The van der Waals surface area contributed by atoms with Gasteiger partial charge in [0.05, 0.1) is 6.54 Å². The van der Waals surface area contributed by atoms with Crippen molar-refractivity contribution >= 4 is 11.4 Å². The normalized spacial score (nSPS) is 11.5. The first-order valence-corrected chi connectivity index (χ1v) is 7.47. The van der Waals surface area contributed by atoms with Crippen molar-refractivity contribution in [2.45, 2.75) is 32.6 Å². The molecule has 0 fully saturated rings. The molecule has 0 saturated heterocycles. The number of rotatable bonds is 7. The highest BCUT2D eigenvalue weighted by atomic mass is 16.5. The first-order valence-electron chi connectivity index (χ1n) is 7.47. The molecule has 0 amide bonds. The number of para-hydroxylation sites is 2. The van der Waals surface area contributed by atoms with Crippen LogP contribution >= 0.6 is 0 Å². The Kier molecular flexibility index (Phi) is 5.33. The van der Waals surface area contributed by atoms with Crippen LogP contribution in [0.5, 0.6) is 0 Å². The first-order chi connectivity index (χ1) is 9.77. The number of unbranched alkanes of at least 4 members (excludes halogenated alkanes) is 3. The first kappa shape index (κ1) is 14.8. The molecule has 20 heavy (non-hydrogen) atoms. The fourth-order valence-electron chi connectivity index (χ4n) is 2.51. The molecule has 0 bridgehead atoms. The van der Waals surface area contributed by atoms with E-state index in [1.807, 2.05) is 60.7 Å². The molecule has 2 nitrogen and oxygen atoms in total. The minimum atomic E-state index is -0.356. The Morgan fingerprint density at radius 3 is 1.70 bits per heavy atom. The van der Waals surface area contributed by atoms with Crippen molar-refractivity contribution in [2.24, 2.45) is 0 Å². The van der Waals surface area contributed by atoms with Crippen LogP contribution in [0.3, 0.4) is 0 Å². The zero-order chi connectivity index (χ0) is 14.3. The Morgan fingerprint density at radius 2 is 1.25 bits per heavy atom. The molecule has 0 aromatic heterocycles. The molecule has 0 atom stereocenters. The molecule has 2 aromatic rings. The molecular formula is C18H23NO. The molecular weight excluding hydrogens is 246 g/mol. The van der Waals surface area contributed by atoms with Crippen molar-refractivity contribution in [3.05, 3.63) is 65.9 Å². The average Bonchev–Trinajstić information content (AvgIpc) is 2.53. The van der Waals surface area contributed by atoms with Crippen LogP contribution in [0.2, 0.25) is 0 Å². The summed E-state index contributed by atoms with van der Waals surface area (Å²) in [7, 11) is 0. The molecule has 2 aromatic carbocycles. The van der Waals surface area contributed by atoms with E-state index in [4.69, 9.17) is 0 Å². The highest BCUT2D eigenvalue weighted by molar-refractivity contribution is 5.58. The van der Waals surface area contributed by atoms with Crippen LogP contribution in [0.1, 0.15) is 32.6 Å². The van der Waals surface area contributed by atoms with E-state index in [-0.39, 0.29) is 4.65 Å². The Bertz CT molecular complexity index is 456. The lowest BCUT2D eigenvalue weighted by atomic mass is 10.1. The van der Waals surface area contributed by atoms with Gasteiger partial charge in [0.1, 0.15) is 11.4 Å². The number of hydrogen-bond donors (Lipinski definition) is 0. The molecule has 0 aliphatic carbocycles. The molecule has 106 valence electrons. The van der Waals surface area contributed by atoms with E-state index in [1.165, 1.54) is 12.8 Å². The standard InChI is InChI=1S/C18H23NO/c1-2-3-4-11-16-19(20,17-12-7-5-8-13-17)18-14-9-6-10-15-18/h5-10,12-15H,2-4,11,16H2,1H3. The molecule has 2 heteroatoms. The van der Waals surface area contributed by atoms with E-state index in [0.717, 1.165) is 24.2 Å². The third-order valence-electron chi connectivity index (χ3n) is 3.67. The molecule has 0 N–H and O–H groups in total. The number of hydrogen-bond acceptors (Lipinski definition) is 1. The second-order valence-electron chi connectivity index (χ2n) is 5.20. The molecule has 0 radical (unpaired) electrons. The highest BCUT2D eigenvalue weighted by Crippen LogP contribution is 2.33. The summed E-state index contributed by atoms with van der Waals surface area (Å²) in [5.41, 5.74) is 1.63. The van der Waals surface area contributed by atoms with Crippen molar-refractivity contribution in [2.75, 3.05) is 6.54 Å². The lowest BCUT2D eigenvalue weighted by molar-refractivity contribution is 0.472. The van der Waals surface area contributed by atoms with Crippen LogP contribution in [0.25, 0.3) is 0 Å². The quantitative estimate of drug-likeness (QED) is 0.375. The van der Waals surface area contributed by atoms with E-state index in [0.29, 0.717) is 6.54 Å². The second-order valence-corrected chi connectivity index (χ2v) is 5.20. The maximum atomic E-state index is 13.4. The van der Waals surface area contributed by atoms with Crippen molar-refractivity contribution in [3.8, 4) is 0 Å². The summed E-state index contributed by atoms with van der Waals surface area (Å²) in [6.07, 6.45) is 4.47. The van der Waals surface area contributed by atoms with Crippen LogP contribution in [-0.2, 0) is 0 Å². The average molecular weight is 269 g/mol. The van der Waals surface area contributed by atoms with E-state index in [2.05, 4.69) is 6.92 Å². The van der Waals surface area contributed by atoms with Crippen LogP contribution in [0, 0.1) is 5.21 Å². The van der Waals surface area contributed by atoms with Gasteiger partial charge >= 0.3 is 0 Å². The van der Waals surface area contributed by atoms with Gasteiger partial charge in [0, 0.05) is 0 Å². The van der Waals surface area contributed by atoms with Crippen LogP contribution < -0.4 is 4.65 Å². The van der Waals surface area contributed by atoms with Gasteiger partial charge in [-0.05, 0) is 37.1 Å². The van der Waals surface area contributed by atoms with E-state index >= 15 is 0 Å². The van der Waals surface area contributed by atoms with E-state index in [9.17, 15) is 5.21 Å². The Labute approximate surface area is 121 Å². The monoisotopic (exact) mass is 269 g/mol. The summed E-state index contributed by atoms with van der Waals surface area (Å²) < 4.78 is -0.356. The van der Waals surface area contributed by atoms with Crippen LogP contribution in [0.4, 0.5) is 11.4 Å². The minimum absolute atomic E-state index is 0.356. The van der Waals surface area contributed by atoms with Gasteiger partial charge in [0.15, 0.2) is 0 Å². The lowest BCUT2D eigenvalue weighted by Crippen LogP contribution is -2.38. The van der Waals surface area contributed by atoms with Gasteiger partial charge in [-0.1, -0.05) is 56.2 Å². The van der Waals surface area contributed by atoms with E-state index in [1.54, 1.807) is 0 Å². The Morgan fingerprint density at radius 1 is 0.750 bits per heavy atom. The third-order valence-corrected chi connectivity index (χ3v) is 3.67. The van der Waals surface area contributed by atoms with Gasteiger partial charge in [-0.3, -0.25) is 4.65 Å². The smallest absolute Gasteiger partial charge is 0.137 e. The molecule has 0 heterocycles. The Balaban J connectivity index is 2.24.